The lowest BCUT2D eigenvalue weighted by Crippen LogP contribution is -2.13. The Labute approximate surface area is 204 Å². The first-order chi connectivity index (χ1) is 17.7. The molecular weight excluding hydrogens is 454 g/mol. The number of hydrogen-bond acceptors (Lipinski definition) is 7. The van der Waals surface area contributed by atoms with Crippen molar-refractivity contribution in [3.05, 3.63) is 67.5 Å². The Morgan fingerprint density at radius 3 is 2.69 bits per heavy atom. The zero-order valence-electron chi connectivity index (χ0n) is 18.9. The first kappa shape index (κ1) is 20.4. The number of hydrogen-bond donors (Lipinski definition) is 3. The summed E-state index contributed by atoms with van der Waals surface area (Å²) in [6.45, 7) is 0. The van der Waals surface area contributed by atoms with Crippen LogP contribution in [-0.2, 0) is 4.79 Å². The topological polar surface area (TPSA) is 138 Å². The average Bonchev–Trinajstić information content (AvgIpc) is 3.55. The summed E-state index contributed by atoms with van der Waals surface area (Å²) in [6.07, 6.45) is 12.3. The van der Waals surface area contributed by atoms with Crippen molar-refractivity contribution < 1.29 is 4.79 Å². The van der Waals surface area contributed by atoms with E-state index in [0.717, 1.165) is 51.6 Å². The van der Waals surface area contributed by atoms with Crippen molar-refractivity contribution in [2.45, 2.75) is 12.8 Å². The fourth-order valence-corrected chi connectivity index (χ4v) is 4.25. The van der Waals surface area contributed by atoms with Gasteiger partial charge >= 0.3 is 0 Å². The normalized spacial score (nSPS) is 13.3. The summed E-state index contributed by atoms with van der Waals surface area (Å²) in [6, 6.07) is 9.56. The molecule has 10 nitrogen and oxygen atoms in total. The lowest BCUT2D eigenvalue weighted by molar-refractivity contribution is -0.117. The number of nitrogens with zero attached hydrogens (tertiary/aromatic N) is 6. The van der Waals surface area contributed by atoms with Crippen LogP contribution in [0.4, 0.5) is 5.69 Å². The summed E-state index contributed by atoms with van der Waals surface area (Å²) in [7, 11) is 0. The van der Waals surface area contributed by atoms with Crippen molar-refractivity contribution in [1.29, 1.82) is 0 Å². The van der Waals surface area contributed by atoms with Gasteiger partial charge in [-0.25, -0.2) is 4.98 Å². The zero-order valence-corrected chi connectivity index (χ0v) is 18.9. The van der Waals surface area contributed by atoms with Crippen LogP contribution in [0, 0.1) is 5.92 Å². The van der Waals surface area contributed by atoms with Crippen molar-refractivity contribution in [1.82, 2.24) is 40.1 Å². The number of pyridine rings is 4. The van der Waals surface area contributed by atoms with Gasteiger partial charge in [-0.05, 0) is 43.2 Å². The summed E-state index contributed by atoms with van der Waals surface area (Å²) >= 11 is 0. The molecule has 174 valence electrons. The highest BCUT2D eigenvalue weighted by molar-refractivity contribution is 5.97. The SMILES string of the molecule is O=C(Nc1cncc(-c2cc3c(-c4nc5c(-c6cccnc6)nccc5[nH]4)n[nH]c3cn2)c1)C1CC1. The number of carbonyl (C=O) groups is 1. The number of aromatic nitrogens is 8. The molecule has 1 saturated carbocycles. The number of rotatable bonds is 5. The first-order valence-electron chi connectivity index (χ1n) is 11.6. The third-order valence-electron chi connectivity index (χ3n) is 6.26. The zero-order chi connectivity index (χ0) is 24.1. The van der Waals surface area contributed by atoms with Crippen LogP contribution in [0.5, 0.6) is 0 Å². The van der Waals surface area contributed by atoms with Crippen molar-refractivity contribution in [2.24, 2.45) is 5.92 Å². The number of carbonyl (C=O) groups excluding carboxylic acids is 1. The van der Waals surface area contributed by atoms with E-state index in [9.17, 15) is 4.79 Å². The summed E-state index contributed by atoms with van der Waals surface area (Å²) in [5, 5.41) is 11.4. The molecule has 1 amide bonds. The highest BCUT2D eigenvalue weighted by Gasteiger charge is 2.29. The molecule has 1 aliphatic rings. The standard InChI is InChI=1S/C26H19N9O/c36-26(14-3-4-14)31-17-8-16(11-28-12-17)20-9-18-21(13-30-20)34-35-23(18)25-32-19-5-7-29-22(24(19)33-25)15-2-1-6-27-10-15/h1-2,5-14H,3-4H2,(H,31,36)(H,32,33)(H,34,35). The number of nitrogens with one attached hydrogen (secondary N) is 3. The van der Waals surface area contributed by atoms with E-state index >= 15 is 0 Å². The minimum atomic E-state index is 0.0412. The van der Waals surface area contributed by atoms with Crippen molar-refractivity contribution in [2.75, 3.05) is 5.32 Å². The van der Waals surface area contributed by atoms with Gasteiger partial charge in [0.2, 0.25) is 5.91 Å². The average molecular weight is 474 g/mol. The van der Waals surface area contributed by atoms with Crippen molar-refractivity contribution >= 4 is 33.5 Å². The van der Waals surface area contributed by atoms with Gasteiger partial charge in [0.15, 0.2) is 5.82 Å². The Hall–Kier alpha value is -4.99. The maximum Gasteiger partial charge on any atom is 0.227 e. The Kier molecular flexibility index (Phi) is 4.56. The highest BCUT2D eigenvalue weighted by atomic mass is 16.2. The van der Waals surface area contributed by atoms with Gasteiger partial charge in [0.05, 0.1) is 40.5 Å². The molecule has 0 unspecified atom stereocenters. The molecule has 6 aromatic rings. The summed E-state index contributed by atoms with van der Waals surface area (Å²) < 4.78 is 0. The number of H-pyrrole nitrogens is 2. The highest BCUT2D eigenvalue weighted by Crippen LogP contribution is 2.33. The van der Waals surface area contributed by atoms with Crippen molar-refractivity contribution in [3.8, 4) is 34.0 Å². The predicted molar refractivity (Wildman–Crippen MR) is 135 cm³/mol. The molecule has 0 atom stereocenters. The molecule has 0 aliphatic heterocycles. The Balaban J connectivity index is 1.28. The van der Waals surface area contributed by atoms with E-state index in [0.29, 0.717) is 22.9 Å². The fourth-order valence-electron chi connectivity index (χ4n) is 4.25. The van der Waals surface area contributed by atoms with Crippen LogP contribution >= 0.6 is 0 Å². The van der Waals surface area contributed by atoms with Gasteiger partial charge in [0, 0.05) is 47.2 Å². The monoisotopic (exact) mass is 473 g/mol. The van der Waals surface area contributed by atoms with Crippen LogP contribution in [0.3, 0.4) is 0 Å². The maximum atomic E-state index is 12.2. The van der Waals surface area contributed by atoms with Gasteiger partial charge in [-0.15, -0.1) is 0 Å². The van der Waals surface area contributed by atoms with Crippen LogP contribution in [0.2, 0.25) is 0 Å². The molecule has 7 rings (SSSR count). The Morgan fingerprint density at radius 2 is 1.83 bits per heavy atom. The molecule has 0 spiro atoms. The van der Waals surface area contributed by atoms with Gasteiger partial charge in [-0.1, -0.05) is 0 Å². The van der Waals surface area contributed by atoms with Crippen LogP contribution in [0.25, 0.3) is 56.0 Å². The van der Waals surface area contributed by atoms with Gasteiger partial charge < -0.3 is 10.3 Å². The Bertz CT molecular complexity index is 1750. The molecule has 0 radical (unpaired) electrons. The number of aromatic amines is 2. The molecule has 10 heteroatoms. The van der Waals surface area contributed by atoms with E-state index in [4.69, 9.17) is 4.98 Å². The summed E-state index contributed by atoms with van der Waals surface area (Å²) in [5.41, 5.74) is 6.87. The minimum Gasteiger partial charge on any atom is -0.336 e. The largest absolute Gasteiger partial charge is 0.336 e. The molecule has 1 aliphatic carbocycles. The van der Waals surface area contributed by atoms with Gasteiger partial charge in [-0.2, -0.15) is 5.10 Å². The second kappa shape index (κ2) is 8.05. The second-order valence-corrected chi connectivity index (χ2v) is 8.80. The van der Waals surface area contributed by atoms with Crippen molar-refractivity contribution in [3.63, 3.8) is 0 Å². The lowest BCUT2D eigenvalue weighted by atomic mass is 10.1. The first-order valence-corrected chi connectivity index (χ1v) is 11.6. The summed E-state index contributed by atoms with van der Waals surface area (Å²) in [5.74, 6) is 0.781. The van der Waals surface area contributed by atoms with E-state index in [1.165, 1.54) is 0 Å². The van der Waals surface area contributed by atoms with Crippen LogP contribution < -0.4 is 5.32 Å². The third kappa shape index (κ3) is 3.56. The summed E-state index contributed by atoms with van der Waals surface area (Å²) in [4.78, 5) is 38.0. The fraction of sp³-hybridized carbons (Fsp3) is 0.115. The van der Waals surface area contributed by atoms with E-state index in [1.54, 1.807) is 37.2 Å². The molecule has 36 heavy (non-hydrogen) atoms. The lowest BCUT2D eigenvalue weighted by Gasteiger charge is -2.06. The van der Waals surface area contributed by atoms with E-state index < -0.39 is 0 Å². The van der Waals surface area contributed by atoms with Crippen LogP contribution in [0.1, 0.15) is 12.8 Å². The van der Waals surface area contributed by atoms with Crippen LogP contribution in [0.15, 0.2) is 67.5 Å². The number of imidazole rings is 1. The minimum absolute atomic E-state index is 0.0412. The number of amides is 1. The third-order valence-corrected chi connectivity index (χ3v) is 6.26. The molecule has 1 fully saturated rings. The number of anilines is 1. The quantitative estimate of drug-likeness (QED) is 0.338. The van der Waals surface area contributed by atoms with Gasteiger partial charge in [0.1, 0.15) is 11.2 Å². The van der Waals surface area contributed by atoms with Gasteiger partial charge in [0.25, 0.3) is 0 Å². The molecular formula is C26H19N9O. The van der Waals surface area contributed by atoms with Gasteiger partial charge in [-0.3, -0.25) is 29.8 Å². The van der Waals surface area contributed by atoms with Crippen LogP contribution in [-0.4, -0.2) is 46.0 Å². The molecule has 0 aromatic carbocycles. The Morgan fingerprint density at radius 1 is 0.917 bits per heavy atom. The number of fused-ring (bicyclic) bond motifs is 2. The predicted octanol–water partition coefficient (Wildman–Crippen LogP) is 4.37. The molecule has 6 aromatic heterocycles. The molecule has 6 heterocycles. The molecule has 0 saturated heterocycles. The second-order valence-electron chi connectivity index (χ2n) is 8.80. The van der Waals surface area contributed by atoms with E-state index in [-0.39, 0.29) is 11.8 Å². The molecule has 3 N–H and O–H groups in total. The maximum absolute atomic E-state index is 12.2. The van der Waals surface area contributed by atoms with E-state index in [1.807, 2.05) is 30.3 Å². The van der Waals surface area contributed by atoms with E-state index in [2.05, 4.69) is 40.4 Å². The smallest absolute Gasteiger partial charge is 0.227 e. The molecule has 0 bridgehead atoms.